The molecule has 1 aromatic heterocycles. The van der Waals surface area contributed by atoms with Crippen LogP contribution in [0.4, 0.5) is 8.78 Å². The summed E-state index contributed by atoms with van der Waals surface area (Å²) in [6, 6.07) is 6.62. The second-order valence-electron chi connectivity index (χ2n) is 5.19. The maximum atomic E-state index is 12.3. The Hall–Kier alpha value is -1.18. The normalized spacial score (nSPS) is 16.7. The van der Waals surface area contributed by atoms with Crippen LogP contribution in [-0.2, 0) is 5.54 Å². The number of hydrogen-bond acceptors (Lipinski definition) is 5. The van der Waals surface area contributed by atoms with E-state index in [2.05, 4.69) is 10.1 Å². The van der Waals surface area contributed by atoms with Gasteiger partial charge in [-0.3, -0.25) is 0 Å². The van der Waals surface area contributed by atoms with E-state index in [1.165, 1.54) is 0 Å². The molecule has 1 aliphatic carbocycles. The molecule has 0 radical (unpaired) electrons. The monoisotopic (exact) mass is 347 g/mol. The number of nitrogens with zero attached hydrogens (tertiary/aromatic N) is 2. The van der Waals surface area contributed by atoms with E-state index < -0.39 is 11.3 Å². The SMILES string of the molecule is Cl.NC1(c2noc(-c3ccc(SC(F)F)cc3)n2)CCCC1. The number of hydrogen-bond donors (Lipinski definition) is 1. The van der Waals surface area contributed by atoms with Gasteiger partial charge in [-0.1, -0.05) is 29.8 Å². The van der Waals surface area contributed by atoms with E-state index in [9.17, 15) is 8.78 Å². The molecule has 8 heteroatoms. The van der Waals surface area contributed by atoms with Crippen LogP contribution in [0.5, 0.6) is 0 Å². The standard InChI is InChI=1S/C14H15F2N3OS.ClH/c15-13(16)21-10-5-3-9(4-6-10)11-18-12(19-20-11)14(17)7-1-2-8-14;/h3-6,13H,1-2,7-8,17H2;1H. The van der Waals surface area contributed by atoms with Crippen molar-refractivity contribution in [3.05, 3.63) is 30.1 Å². The lowest BCUT2D eigenvalue weighted by Gasteiger charge is -2.17. The summed E-state index contributed by atoms with van der Waals surface area (Å²) >= 11 is 0.507. The summed E-state index contributed by atoms with van der Waals surface area (Å²) in [7, 11) is 0. The van der Waals surface area contributed by atoms with E-state index >= 15 is 0 Å². The van der Waals surface area contributed by atoms with Crippen LogP contribution in [0.1, 0.15) is 31.5 Å². The number of rotatable bonds is 4. The molecule has 4 nitrogen and oxygen atoms in total. The van der Waals surface area contributed by atoms with Gasteiger partial charge in [-0.15, -0.1) is 12.4 Å². The van der Waals surface area contributed by atoms with Crippen LogP contribution in [0.25, 0.3) is 11.5 Å². The van der Waals surface area contributed by atoms with E-state index in [0.717, 1.165) is 25.7 Å². The van der Waals surface area contributed by atoms with Crippen LogP contribution in [0.15, 0.2) is 33.7 Å². The van der Waals surface area contributed by atoms with Crippen molar-refractivity contribution < 1.29 is 13.3 Å². The highest BCUT2D eigenvalue weighted by Gasteiger charge is 2.36. The predicted molar refractivity (Wildman–Crippen MR) is 83.2 cm³/mol. The Morgan fingerprint density at radius 3 is 2.41 bits per heavy atom. The molecule has 0 aliphatic heterocycles. The van der Waals surface area contributed by atoms with Crippen molar-refractivity contribution in [3.8, 4) is 11.5 Å². The third kappa shape index (κ3) is 3.59. The van der Waals surface area contributed by atoms with Crippen LogP contribution in [0.2, 0.25) is 0 Å². The Morgan fingerprint density at radius 1 is 1.18 bits per heavy atom. The summed E-state index contributed by atoms with van der Waals surface area (Å²) in [5.41, 5.74) is 6.49. The van der Waals surface area contributed by atoms with Gasteiger partial charge in [0.1, 0.15) is 0 Å². The minimum Gasteiger partial charge on any atom is -0.334 e. The van der Waals surface area contributed by atoms with Crippen molar-refractivity contribution in [1.82, 2.24) is 10.1 Å². The van der Waals surface area contributed by atoms with Gasteiger partial charge in [0.2, 0.25) is 0 Å². The molecule has 0 atom stereocenters. The van der Waals surface area contributed by atoms with Gasteiger partial charge in [0.25, 0.3) is 11.6 Å². The second kappa shape index (κ2) is 6.93. The van der Waals surface area contributed by atoms with Gasteiger partial charge in [-0.2, -0.15) is 13.8 Å². The molecule has 1 aromatic carbocycles. The van der Waals surface area contributed by atoms with Gasteiger partial charge in [-0.05, 0) is 37.1 Å². The summed E-state index contributed by atoms with van der Waals surface area (Å²) in [5, 5.41) is 3.98. The third-order valence-corrected chi connectivity index (χ3v) is 4.42. The zero-order valence-corrected chi connectivity index (χ0v) is 13.3. The van der Waals surface area contributed by atoms with Crippen LogP contribution in [0.3, 0.4) is 0 Å². The Balaban J connectivity index is 0.00000176. The van der Waals surface area contributed by atoms with Crippen LogP contribution >= 0.6 is 24.2 Å². The average Bonchev–Trinajstić information content (AvgIpc) is 3.09. The molecule has 0 bridgehead atoms. The minimum atomic E-state index is -2.43. The Morgan fingerprint density at radius 2 is 1.82 bits per heavy atom. The van der Waals surface area contributed by atoms with E-state index in [1.54, 1.807) is 24.3 Å². The predicted octanol–water partition coefficient (Wildman–Crippen LogP) is 4.20. The smallest absolute Gasteiger partial charge is 0.288 e. The Kier molecular flexibility index (Phi) is 5.41. The van der Waals surface area contributed by atoms with Gasteiger partial charge in [0.05, 0.1) is 5.54 Å². The van der Waals surface area contributed by atoms with Gasteiger partial charge in [0.15, 0.2) is 5.82 Å². The first kappa shape index (κ1) is 17.2. The first-order valence-corrected chi connectivity index (χ1v) is 7.63. The molecule has 2 aromatic rings. The summed E-state index contributed by atoms with van der Waals surface area (Å²) in [6.07, 6.45) is 3.85. The molecule has 2 N–H and O–H groups in total. The molecule has 120 valence electrons. The van der Waals surface area contributed by atoms with Crippen molar-refractivity contribution >= 4 is 24.2 Å². The van der Waals surface area contributed by atoms with Gasteiger partial charge >= 0.3 is 0 Å². The molecule has 1 heterocycles. The molecular formula is C14H16ClF2N3OS. The van der Waals surface area contributed by atoms with E-state index in [4.69, 9.17) is 10.3 Å². The topological polar surface area (TPSA) is 64.9 Å². The van der Waals surface area contributed by atoms with Gasteiger partial charge in [0, 0.05) is 10.5 Å². The summed E-state index contributed by atoms with van der Waals surface area (Å²) in [6.45, 7) is 0. The van der Waals surface area contributed by atoms with Gasteiger partial charge < -0.3 is 10.3 Å². The van der Waals surface area contributed by atoms with Crippen molar-refractivity contribution in [2.75, 3.05) is 0 Å². The molecule has 22 heavy (non-hydrogen) atoms. The fourth-order valence-corrected chi connectivity index (χ4v) is 3.05. The van der Waals surface area contributed by atoms with Crippen molar-refractivity contribution in [2.45, 2.75) is 41.9 Å². The molecule has 0 spiro atoms. The number of nitrogens with two attached hydrogens (primary N) is 1. The fourth-order valence-electron chi connectivity index (χ4n) is 2.55. The highest BCUT2D eigenvalue weighted by atomic mass is 35.5. The lowest BCUT2D eigenvalue weighted by Crippen LogP contribution is -2.34. The third-order valence-electron chi connectivity index (χ3n) is 3.69. The molecule has 1 fully saturated rings. The summed E-state index contributed by atoms with van der Waals surface area (Å²) in [4.78, 5) is 4.87. The number of alkyl halides is 2. The molecule has 1 saturated carbocycles. The minimum absolute atomic E-state index is 0. The van der Waals surface area contributed by atoms with Crippen molar-refractivity contribution in [2.24, 2.45) is 5.73 Å². The number of aromatic nitrogens is 2. The van der Waals surface area contributed by atoms with E-state index in [-0.39, 0.29) is 12.4 Å². The first-order valence-electron chi connectivity index (χ1n) is 6.75. The molecule has 3 rings (SSSR count). The summed E-state index contributed by atoms with van der Waals surface area (Å²) in [5.74, 6) is -1.53. The highest BCUT2D eigenvalue weighted by molar-refractivity contribution is 7.99. The van der Waals surface area contributed by atoms with Crippen LogP contribution < -0.4 is 5.73 Å². The van der Waals surface area contributed by atoms with Crippen LogP contribution in [0, 0.1) is 0 Å². The summed E-state index contributed by atoms with van der Waals surface area (Å²) < 4.78 is 29.8. The number of thioether (sulfide) groups is 1. The zero-order chi connectivity index (χ0) is 14.9. The molecule has 0 saturated heterocycles. The lowest BCUT2D eigenvalue weighted by atomic mass is 9.99. The van der Waals surface area contributed by atoms with Gasteiger partial charge in [-0.25, -0.2) is 0 Å². The van der Waals surface area contributed by atoms with E-state index in [0.29, 0.717) is 33.9 Å². The average molecular weight is 348 g/mol. The lowest BCUT2D eigenvalue weighted by molar-refractivity contribution is 0.252. The largest absolute Gasteiger partial charge is 0.334 e. The maximum absolute atomic E-state index is 12.3. The Labute approximate surface area is 137 Å². The van der Waals surface area contributed by atoms with Crippen molar-refractivity contribution in [3.63, 3.8) is 0 Å². The van der Waals surface area contributed by atoms with Crippen LogP contribution in [-0.4, -0.2) is 15.9 Å². The molecule has 1 aliphatic rings. The zero-order valence-electron chi connectivity index (χ0n) is 11.7. The Bertz CT molecular complexity index is 615. The quantitative estimate of drug-likeness (QED) is 0.839. The molecule has 0 amide bonds. The molecule has 0 unspecified atom stereocenters. The fraction of sp³-hybridized carbons (Fsp3) is 0.429. The maximum Gasteiger partial charge on any atom is 0.288 e. The van der Waals surface area contributed by atoms with Crippen molar-refractivity contribution in [1.29, 1.82) is 0 Å². The number of halogens is 3. The molecular weight excluding hydrogens is 332 g/mol. The van der Waals surface area contributed by atoms with E-state index in [1.807, 2.05) is 0 Å². The highest BCUT2D eigenvalue weighted by Crippen LogP contribution is 2.35. The first-order chi connectivity index (χ1) is 10.1. The second-order valence-corrected chi connectivity index (χ2v) is 6.25. The number of benzene rings is 1.